The van der Waals surface area contributed by atoms with E-state index in [1.54, 1.807) is 24.3 Å². The van der Waals surface area contributed by atoms with E-state index in [1.807, 2.05) is 30.3 Å². The second-order valence-electron chi connectivity index (χ2n) is 4.57. The number of hydrogen-bond acceptors (Lipinski definition) is 3. The van der Waals surface area contributed by atoms with Gasteiger partial charge in [-0.25, -0.2) is 0 Å². The molecular weight excluding hydrogens is 250 g/mol. The lowest BCUT2D eigenvalue weighted by Crippen LogP contribution is -2.28. The smallest absolute Gasteiger partial charge is 0.251 e. The number of hydrazine groups is 1. The topological polar surface area (TPSA) is 67.2 Å². The highest BCUT2D eigenvalue weighted by molar-refractivity contribution is 5.94. The molecule has 104 valence electrons. The third-order valence-electron chi connectivity index (χ3n) is 3.23. The molecule has 0 aliphatic carbocycles. The van der Waals surface area contributed by atoms with Crippen LogP contribution in [0, 0.1) is 0 Å². The number of nitrogens with one attached hydrogen (secondary N) is 2. The van der Waals surface area contributed by atoms with Crippen molar-refractivity contribution in [3.63, 3.8) is 0 Å². The Balaban J connectivity index is 2.09. The first kappa shape index (κ1) is 14.1. The fourth-order valence-electron chi connectivity index (χ4n) is 2.07. The molecule has 4 N–H and O–H groups in total. The summed E-state index contributed by atoms with van der Waals surface area (Å²) in [6.07, 6.45) is 0.845. The van der Waals surface area contributed by atoms with Crippen molar-refractivity contribution >= 4 is 11.6 Å². The predicted molar refractivity (Wildman–Crippen MR) is 81.2 cm³/mol. The molecule has 0 aliphatic rings. The molecule has 0 aliphatic heterocycles. The molecule has 0 saturated carbocycles. The summed E-state index contributed by atoms with van der Waals surface area (Å²) < 4.78 is 0. The zero-order valence-electron chi connectivity index (χ0n) is 11.5. The minimum Gasteiger partial charge on any atom is -0.345 e. The van der Waals surface area contributed by atoms with Crippen LogP contribution in [0.15, 0.2) is 54.6 Å². The van der Waals surface area contributed by atoms with Crippen LogP contribution in [-0.4, -0.2) is 5.91 Å². The molecule has 4 heteroatoms. The normalized spacial score (nSPS) is 11.7. The Morgan fingerprint density at radius 3 is 2.30 bits per heavy atom. The van der Waals surface area contributed by atoms with Gasteiger partial charge < -0.3 is 10.7 Å². The molecule has 2 rings (SSSR count). The van der Waals surface area contributed by atoms with Crippen LogP contribution in [0.5, 0.6) is 0 Å². The molecule has 0 bridgehead atoms. The zero-order chi connectivity index (χ0) is 14.4. The zero-order valence-corrected chi connectivity index (χ0v) is 11.5. The maximum absolute atomic E-state index is 12.2. The van der Waals surface area contributed by atoms with E-state index < -0.39 is 0 Å². The van der Waals surface area contributed by atoms with Crippen molar-refractivity contribution in [2.24, 2.45) is 5.84 Å². The van der Waals surface area contributed by atoms with E-state index in [0.717, 1.165) is 17.7 Å². The number of amides is 1. The molecule has 0 spiro atoms. The van der Waals surface area contributed by atoms with E-state index in [-0.39, 0.29) is 11.9 Å². The first-order valence-electron chi connectivity index (χ1n) is 6.67. The maximum atomic E-state index is 12.2. The summed E-state index contributed by atoms with van der Waals surface area (Å²) >= 11 is 0. The Morgan fingerprint density at radius 2 is 1.75 bits per heavy atom. The monoisotopic (exact) mass is 269 g/mol. The first-order chi connectivity index (χ1) is 9.74. The van der Waals surface area contributed by atoms with E-state index in [1.165, 1.54) is 0 Å². The van der Waals surface area contributed by atoms with Gasteiger partial charge in [0.2, 0.25) is 0 Å². The van der Waals surface area contributed by atoms with Gasteiger partial charge >= 0.3 is 0 Å². The second-order valence-corrected chi connectivity index (χ2v) is 4.57. The van der Waals surface area contributed by atoms with Crippen molar-refractivity contribution in [2.75, 3.05) is 5.43 Å². The molecule has 20 heavy (non-hydrogen) atoms. The predicted octanol–water partition coefficient (Wildman–Crippen LogP) is 2.85. The van der Waals surface area contributed by atoms with Crippen LogP contribution in [0.3, 0.4) is 0 Å². The summed E-state index contributed by atoms with van der Waals surface area (Å²) in [6.45, 7) is 2.05. The van der Waals surface area contributed by atoms with Crippen LogP contribution in [0.2, 0.25) is 0 Å². The fourth-order valence-corrected chi connectivity index (χ4v) is 2.07. The third kappa shape index (κ3) is 3.36. The molecule has 2 aromatic rings. The lowest BCUT2D eigenvalue weighted by atomic mass is 10.0. The number of hydrogen-bond donors (Lipinski definition) is 3. The number of rotatable bonds is 5. The highest BCUT2D eigenvalue weighted by Gasteiger charge is 2.13. The number of carbonyl (C=O) groups excluding carboxylic acids is 1. The van der Waals surface area contributed by atoms with Gasteiger partial charge in [0.05, 0.1) is 6.04 Å². The summed E-state index contributed by atoms with van der Waals surface area (Å²) in [6, 6.07) is 17.1. The Labute approximate surface area is 119 Å². The van der Waals surface area contributed by atoms with Gasteiger partial charge in [-0.1, -0.05) is 37.3 Å². The second kappa shape index (κ2) is 6.73. The van der Waals surface area contributed by atoms with Crippen molar-refractivity contribution in [1.82, 2.24) is 5.32 Å². The molecule has 0 saturated heterocycles. The van der Waals surface area contributed by atoms with Gasteiger partial charge in [-0.15, -0.1) is 0 Å². The van der Waals surface area contributed by atoms with Crippen LogP contribution in [0.4, 0.5) is 5.69 Å². The van der Waals surface area contributed by atoms with Crippen molar-refractivity contribution in [2.45, 2.75) is 19.4 Å². The van der Waals surface area contributed by atoms with E-state index in [2.05, 4.69) is 17.7 Å². The first-order valence-corrected chi connectivity index (χ1v) is 6.67. The molecule has 0 heterocycles. The highest BCUT2D eigenvalue weighted by Crippen LogP contribution is 2.17. The summed E-state index contributed by atoms with van der Waals surface area (Å²) in [4.78, 5) is 12.2. The summed E-state index contributed by atoms with van der Waals surface area (Å²) in [5.74, 6) is 5.22. The van der Waals surface area contributed by atoms with Crippen molar-refractivity contribution in [1.29, 1.82) is 0 Å². The van der Waals surface area contributed by atoms with Gasteiger partial charge in [0.1, 0.15) is 0 Å². The van der Waals surface area contributed by atoms with Crippen LogP contribution >= 0.6 is 0 Å². The van der Waals surface area contributed by atoms with E-state index in [0.29, 0.717) is 5.56 Å². The van der Waals surface area contributed by atoms with Gasteiger partial charge in [-0.2, -0.15) is 0 Å². The molecule has 1 atom stereocenters. The summed E-state index contributed by atoms with van der Waals surface area (Å²) in [5, 5.41) is 3.05. The Kier molecular flexibility index (Phi) is 4.74. The molecule has 0 aromatic heterocycles. The lowest BCUT2D eigenvalue weighted by Gasteiger charge is -2.17. The minimum atomic E-state index is -0.0794. The van der Waals surface area contributed by atoms with Crippen LogP contribution in [0.25, 0.3) is 0 Å². The van der Waals surface area contributed by atoms with E-state index in [9.17, 15) is 4.79 Å². The Morgan fingerprint density at radius 1 is 1.10 bits per heavy atom. The standard InChI is InChI=1S/C16H19N3O/c1-2-15(12-6-4-3-5-7-12)18-16(20)13-8-10-14(19-17)11-9-13/h3-11,15,19H,2,17H2,1H3,(H,18,20). The molecule has 0 radical (unpaired) electrons. The molecule has 2 aromatic carbocycles. The van der Waals surface area contributed by atoms with E-state index in [4.69, 9.17) is 5.84 Å². The molecular formula is C16H19N3O. The van der Waals surface area contributed by atoms with Crippen molar-refractivity contribution in [3.05, 3.63) is 65.7 Å². The maximum Gasteiger partial charge on any atom is 0.251 e. The van der Waals surface area contributed by atoms with Crippen molar-refractivity contribution in [3.8, 4) is 0 Å². The summed E-state index contributed by atoms with van der Waals surface area (Å²) in [5.41, 5.74) is 5.05. The van der Waals surface area contributed by atoms with Gasteiger partial charge in [0, 0.05) is 11.3 Å². The quantitative estimate of drug-likeness (QED) is 0.577. The van der Waals surface area contributed by atoms with Crippen LogP contribution < -0.4 is 16.6 Å². The SMILES string of the molecule is CCC(NC(=O)c1ccc(NN)cc1)c1ccccc1. The van der Waals surface area contributed by atoms with Crippen LogP contribution in [0.1, 0.15) is 35.3 Å². The molecule has 4 nitrogen and oxygen atoms in total. The molecule has 1 unspecified atom stereocenters. The summed E-state index contributed by atoms with van der Waals surface area (Å²) in [7, 11) is 0. The third-order valence-corrected chi connectivity index (χ3v) is 3.23. The van der Waals surface area contributed by atoms with Gasteiger partial charge in [0.25, 0.3) is 5.91 Å². The van der Waals surface area contributed by atoms with E-state index >= 15 is 0 Å². The average molecular weight is 269 g/mol. The van der Waals surface area contributed by atoms with Crippen LogP contribution in [-0.2, 0) is 0 Å². The highest BCUT2D eigenvalue weighted by atomic mass is 16.1. The Hall–Kier alpha value is -2.33. The number of nitrogens with two attached hydrogens (primary N) is 1. The van der Waals surface area contributed by atoms with Gasteiger partial charge in [-0.05, 0) is 36.2 Å². The Bertz CT molecular complexity index is 552. The average Bonchev–Trinajstić information content (AvgIpc) is 2.53. The minimum absolute atomic E-state index is 0.0241. The fraction of sp³-hybridized carbons (Fsp3) is 0.188. The van der Waals surface area contributed by atoms with Gasteiger partial charge in [-0.3, -0.25) is 10.6 Å². The number of carbonyl (C=O) groups is 1. The lowest BCUT2D eigenvalue weighted by molar-refractivity contribution is 0.0935. The van der Waals surface area contributed by atoms with Gasteiger partial charge in [0.15, 0.2) is 0 Å². The molecule has 0 fully saturated rings. The largest absolute Gasteiger partial charge is 0.345 e. The van der Waals surface area contributed by atoms with Crippen molar-refractivity contribution < 1.29 is 4.79 Å². The number of nitrogen functional groups attached to an aromatic ring is 1. The number of benzene rings is 2. The molecule has 1 amide bonds. The number of anilines is 1.